The number of methoxy groups -OCH3 is 1. The monoisotopic (exact) mass is 278 g/mol. The highest BCUT2D eigenvalue weighted by Gasteiger charge is 2.22. The Hall–Kier alpha value is -1.10. The van der Waals surface area contributed by atoms with Gasteiger partial charge in [0.15, 0.2) is 0 Å². The smallest absolute Gasteiger partial charge is 0.123 e. The number of ether oxygens (including phenoxy) is 2. The lowest BCUT2D eigenvalue weighted by Crippen LogP contribution is -2.44. The highest BCUT2D eigenvalue weighted by Crippen LogP contribution is 2.23. The molecule has 2 atom stereocenters. The predicted molar refractivity (Wildman–Crippen MR) is 81.0 cm³/mol. The van der Waals surface area contributed by atoms with Crippen LogP contribution in [-0.4, -0.2) is 44.4 Å². The van der Waals surface area contributed by atoms with Crippen LogP contribution < -0.4 is 10.1 Å². The van der Waals surface area contributed by atoms with Gasteiger partial charge < -0.3 is 14.8 Å². The van der Waals surface area contributed by atoms with E-state index in [1.165, 1.54) is 11.1 Å². The van der Waals surface area contributed by atoms with Gasteiger partial charge in [0.2, 0.25) is 0 Å². The van der Waals surface area contributed by atoms with Crippen LogP contribution in [0.2, 0.25) is 0 Å². The summed E-state index contributed by atoms with van der Waals surface area (Å²) in [7, 11) is 3.70. The first-order chi connectivity index (χ1) is 9.62. The molecule has 2 rings (SSSR count). The van der Waals surface area contributed by atoms with Gasteiger partial charge in [-0.2, -0.15) is 0 Å². The van der Waals surface area contributed by atoms with Gasteiger partial charge in [-0.05, 0) is 38.6 Å². The molecule has 1 saturated heterocycles. The maximum Gasteiger partial charge on any atom is 0.123 e. The lowest BCUT2D eigenvalue weighted by atomic mass is 10.1. The molecule has 1 aliphatic heterocycles. The fourth-order valence-electron chi connectivity index (χ4n) is 2.92. The first kappa shape index (κ1) is 15.3. The van der Waals surface area contributed by atoms with Crippen molar-refractivity contribution in [3.8, 4) is 5.75 Å². The van der Waals surface area contributed by atoms with Crippen LogP contribution in [0.15, 0.2) is 18.2 Å². The van der Waals surface area contributed by atoms with Crippen molar-refractivity contribution in [2.75, 3.05) is 27.2 Å². The molecule has 1 aliphatic rings. The number of nitrogens with zero attached hydrogens (tertiary/aromatic N) is 1. The fraction of sp³-hybridized carbons (Fsp3) is 0.625. The summed E-state index contributed by atoms with van der Waals surface area (Å²) < 4.78 is 11.3. The zero-order chi connectivity index (χ0) is 14.5. The third-order valence-electron chi connectivity index (χ3n) is 3.61. The molecule has 112 valence electrons. The Morgan fingerprint density at radius 3 is 2.60 bits per heavy atom. The highest BCUT2D eigenvalue weighted by atomic mass is 16.5. The summed E-state index contributed by atoms with van der Waals surface area (Å²) in [6.45, 7) is 8.02. The van der Waals surface area contributed by atoms with Crippen LogP contribution in [0.1, 0.15) is 25.0 Å². The third kappa shape index (κ3) is 3.95. The van der Waals surface area contributed by atoms with E-state index in [0.29, 0.717) is 12.2 Å². The lowest BCUT2D eigenvalue weighted by molar-refractivity contribution is -0.0706. The van der Waals surface area contributed by atoms with Crippen LogP contribution in [0.5, 0.6) is 5.75 Å². The topological polar surface area (TPSA) is 33.7 Å². The Morgan fingerprint density at radius 1 is 1.30 bits per heavy atom. The van der Waals surface area contributed by atoms with Gasteiger partial charge in [-0.25, -0.2) is 0 Å². The molecule has 0 bridgehead atoms. The van der Waals surface area contributed by atoms with E-state index in [0.717, 1.165) is 31.9 Å². The molecule has 0 amide bonds. The van der Waals surface area contributed by atoms with Crippen LogP contribution in [0.25, 0.3) is 0 Å². The standard InChI is InChI=1S/C16H26N2O2/c1-12-9-18(10-13(2)20-12)11-15-7-14(8-17-3)5-6-16(15)19-4/h5-7,12-13,17H,8-11H2,1-4H3/t12-,13+. The van der Waals surface area contributed by atoms with Crippen molar-refractivity contribution in [1.29, 1.82) is 0 Å². The van der Waals surface area contributed by atoms with Crippen molar-refractivity contribution in [3.05, 3.63) is 29.3 Å². The molecular weight excluding hydrogens is 252 g/mol. The van der Waals surface area contributed by atoms with Gasteiger partial charge >= 0.3 is 0 Å². The summed E-state index contributed by atoms with van der Waals surface area (Å²) >= 11 is 0. The van der Waals surface area contributed by atoms with Gasteiger partial charge in [0.25, 0.3) is 0 Å². The molecule has 1 fully saturated rings. The number of hydrogen-bond donors (Lipinski definition) is 1. The van der Waals surface area contributed by atoms with Gasteiger partial charge in [0.1, 0.15) is 5.75 Å². The SMILES string of the molecule is CNCc1ccc(OC)c(CN2C[C@@H](C)O[C@@H](C)C2)c1. The van der Waals surface area contributed by atoms with Crippen molar-refractivity contribution < 1.29 is 9.47 Å². The normalized spacial score (nSPS) is 23.8. The molecule has 20 heavy (non-hydrogen) atoms. The third-order valence-corrected chi connectivity index (χ3v) is 3.61. The van der Waals surface area contributed by atoms with Crippen molar-refractivity contribution in [2.45, 2.75) is 39.1 Å². The van der Waals surface area contributed by atoms with E-state index >= 15 is 0 Å². The first-order valence-corrected chi connectivity index (χ1v) is 7.30. The molecule has 0 radical (unpaired) electrons. The van der Waals surface area contributed by atoms with E-state index in [9.17, 15) is 0 Å². The summed E-state index contributed by atoms with van der Waals surface area (Å²) in [6.07, 6.45) is 0.593. The van der Waals surface area contributed by atoms with Gasteiger partial charge in [-0.15, -0.1) is 0 Å². The maximum atomic E-state index is 5.79. The lowest BCUT2D eigenvalue weighted by Gasteiger charge is -2.35. The van der Waals surface area contributed by atoms with E-state index in [1.807, 2.05) is 7.05 Å². The zero-order valence-corrected chi connectivity index (χ0v) is 13.0. The summed E-state index contributed by atoms with van der Waals surface area (Å²) in [4.78, 5) is 2.44. The molecule has 1 aromatic carbocycles. The van der Waals surface area contributed by atoms with Crippen molar-refractivity contribution in [1.82, 2.24) is 10.2 Å². The van der Waals surface area contributed by atoms with Gasteiger partial charge in [0.05, 0.1) is 19.3 Å². The van der Waals surface area contributed by atoms with Crippen LogP contribution in [0.4, 0.5) is 0 Å². The van der Waals surface area contributed by atoms with Crippen LogP contribution >= 0.6 is 0 Å². The highest BCUT2D eigenvalue weighted by molar-refractivity contribution is 5.37. The van der Waals surface area contributed by atoms with Crippen molar-refractivity contribution >= 4 is 0 Å². The Labute approximate surface area is 122 Å². The molecule has 1 aromatic rings. The van der Waals surface area contributed by atoms with Crippen molar-refractivity contribution in [3.63, 3.8) is 0 Å². The molecule has 0 aromatic heterocycles. The van der Waals surface area contributed by atoms with Gasteiger partial charge in [0, 0.05) is 31.7 Å². The summed E-state index contributed by atoms with van der Waals surface area (Å²) in [5.74, 6) is 0.969. The number of nitrogens with one attached hydrogen (secondary N) is 1. The van der Waals surface area contributed by atoms with Gasteiger partial charge in [-0.1, -0.05) is 6.07 Å². The Kier molecular flexibility index (Phi) is 5.40. The second kappa shape index (κ2) is 7.07. The summed E-state index contributed by atoms with van der Waals surface area (Å²) in [6, 6.07) is 6.42. The van der Waals surface area contributed by atoms with E-state index < -0.39 is 0 Å². The Morgan fingerprint density at radius 2 is 2.00 bits per heavy atom. The summed E-state index contributed by atoms with van der Waals surface area (Å²) in [5.41, 5.74) is 2.54. The minimum Gasteiger partial charge on any atom is -0.496 e. The second-order valence-corrected chi connectivity index (χ2v) is 5.63. The molecule has 0 aliphatic carbocycles. The van der Waals surface area contributed by atoms with E-state index in [2.05, 4.69) is 42.3 Å². The number of hydrogen-bond acceptors (Lipinski definition) is 4. The van der Waals surface area contributed by atoms with E-state index in [4.69, 9.17) is 9.47 Å². The molecular formula is C16H26N2O2. The average molecular weight is 278 g/mol. The van der Waals surface area contributed by atoms with E-state index in [-0.39, 0.29) is 0 Å². The van der Waals surface area contributed by atoms with E-state index in [1.54, 1.807) is 7.11 Å². The predicted octanol–water partition coefficient (Wildman–Crippen LogP) is 2.02. The maximum absolute atomic E-state index is 5.79. The number of morpholine rings is 1. The number of rotatable bonds is 5. The number of benzene rings is 1. The zero-order valence-electron chi connectivity index (χ0n) is 13.0. The minimum atomic E-state index is 0.297. The van der Waals surface area contributed by atoms with Crippen LogP contribution in [0.3, 0.4) is 0 Å². The Bertz CT molecular complexity index is 426. The van der Waals surface area contributed by atoms with Crippen LogP contribution in [-0.2, 0) is 17.8 Å². The Balaban J connectivity index is 2.12. The molecule has 1 heterocycles. The molecule has 0 unspecified atom stereocenters. The largest absolute Gasteiger partial charge is 0.496 e. The average Bonchev–Trinajstić information content (AvgIpc) is 2.38. The minimum absolute atomic E-state index is 0.297. The van der Waals surface area contributed by atoms with Crippen LogP contribution in [0, 0.1) is 0 Å². The molecule has 4 heteroatoms. The molecule has 4 nitrogen and oxygen atoms in total. The second-order valence-electron chi connectivity index (χ2n) is 5.63. The fourth-order valence-corrected chi connectivity index (χ4v) is 2.92. The van der Waals surface area contributed by atoms with Crippen molar-refractivity contribution in [2.24, 2.45) is 0 Å². The molecule has 1 N–H and O–H groups in total. The van der Waals surface area contributed by atoms with Gasteiger partial charge in [-0.3, -0.25) is 4.90 Å². The summed E-state index contributed by atoms with van der Waals surface area (Å²) in [5, 5.41) is 3.19. The molecule has 0 saturated carbocycles. The first-order valence-electron chi connectivity index (χ1n) is 7.30. The molecule has 0 spiro atoms. The quantitative estimate of drug-likeness (QED) is 0.893.